The lowest BCUT2D eigenvalue weighted by Gasteiger charge is -2.51. The Labute approximate surface area is 614 Å². The summed E-state index contributed by atoms with van der Waals surface area (Å²) in [5.41, 5.74) is -0.701. The second-order valence-electron chi connectivity index (χ2n) is 27.2. The maximum atomic E-state index is 13.8. The third kappa shape index (κ3) is 19.6. The Kier molecular flexibility index (Phi) is 33.0. The van der Waals surface area contributed by atoms with E-state index in [1.807, 2.05) is 0 Å². The van der Waals surface area contributed by atoms with Gasteiger partial charge in [0.25, 0.3) is 0 Å². The number of benzene rings is 1. The minimum atomic E-state index is -1.83. The standard InChI is InChI=1S/C67H110N2O37/c1-67(2,69(78)22-30-19-17-16-18-20-30)29-92-66(77)68-21-31-45-38(70)52(85-9)59(93-31)101-46-32(23-79-3)95-61(54(87-11)39(46)71)103-48-34(25-81-5)97-63(56(89-13)41(48)73)105-50-36(27-83-7)99-65(58(91-15)43(50)75)106-51-37(28-84-8)98-64(57(90-14)44(51)76)104-49-35(26-82-6)96-62(55(88-12)42(49)74)102-47-33(24-80-4)94-60(100-45)53(86-10)40(47)72/h16-20,22,31-65,70-76H,21,23-29H2,1-15H3,(H,68,77). The molecule has 22 rings (SSSR count). The fraction of sp³-hybridized carbons (Fsp3) is 0.881. The summed E-state index contributed by atoms with van der Waals surface area (Å²) in [7, 11) is 17.0. The number of nitrogens with zero attached hydrogens (tertiary/aromatic N) is 1. The van der Waals surface area contributed by atoms with Crippen molar-refractivity contribution in [2.24, 2.45) is 0 Å². The summed E-state index contributed by atoms with van der Waals surface area (Å²) < 4.78 is 173. The first-order valence-corrected chi connectivity index (χ1v) is 34.8. The molecule has 610 valence electrons. The molecule has 0 aromatic heterocycles. The number of alkyl carbamates (subject to hydrolysis) is 1. The summed E-state index contributed by atoms with van der Waals surface area (Å²) in [5, 5.41) is 104. The van der Waals surface area contributed by atoms with Crippen LogP contribution in [0, 0.1) is 5.21 Å². The van der Waals surface area contributed by atoms with Gasteiger partial charge in [-0.15, -0.1) is 0 Å². The number of hydrogen-bond donors (Lipinski definition) is 8. The van der Waals surface area contributed by atoms with Crippen molar-refractivity contribution in [3.63, 3.8) is 0 Å². The van der Waals surface area contributed by atoms with Gasteiger partial charge < -0.3 is 179 Å². The molecule has 21 heterocycles. The second-order valence-corrected chi connectivity index (χ2v) is 27.2. The largest absolute Gasteiger partial charge is 0.623 e. The second kappa shape index (κ2) is 40.4. The Morgan fingerprint density at radius 3 is 0.811 bits per heavy atom. The summed E-state index contributed by atoms with van der Waals surface area (Å²) in [5.74, 6) is 0. The quantitative estimate of drug-likeness (QED) is 0.0198. The fourth-order valence-electron chi connectivity index (χ4n) is 14.4. The molecule has 1 amide bonds. The number of hydroxylamine groups is 1. The van der Waals surface area contributed by atoms with Gasteiger partial charge >= 0.3 is 6.09 Å². The molecule has 39 nitrogen and oxygen atoms in total. The van der Waals surface area contributed by atoms with Crippen molar-refractivity contribution in [3.8, 4) is 0 Å². The SMILES string of the molecule is COCC1OC2OC3C(COC)OC(OC4C(COC)OC(OC5C(COC)OC(OC6C(COC)OC(OC7C(COC)OC(OC8C(CNC(=O)OCC(C)(C)[N+]([O-])=Cc9ccccc9)OC(OC1C(O)C2OC)C(OC)C8O)C(OC)C7O)C(OC)C6O)C(OC)C5O)C(OC)C4O)C(OC)C3O. The molecule has 0 radical (unpaired) electrons. The van der Waals surface area contributed by atoms with Crippen molar-refractivity contribution in [1.29, 1.82) is 0 Å². The van der Waals surface area contributed by atoms with Crippen LogP contribution in [0.1, 0.15) is 19.4 Å². The highest BCUT2D eigenvalue weighted by atomic mass is 16.8. The third-order valence-corrected chi connectivity index (χ3v) is 19.9. The van der Waals surface area contributed by atoms with Gasteiger partial charge in [0.05, 0.1) is 39.6 Å². The van der Waals surface area contributed by atoms with Crippen LogP contribution in [0.2, 0.25) is 0 Å². The number of ether oxygens (including phenoxy) is 28. The Bertz CT molecular complexity index is 2760. The molecular formula is C67H110N2O37. The van der Waals surface area contributed by atoms with Crippen LogP contribution in [0.3, 0.4) is 0 Å². The number of nitrogens with one attached hydrogen (secondary N) is 1. The molecule has 1 aromatic carbocycles. The zero-order chi connectivity index (χ0) is 76.8. The molecule has 106 heavy (non-hydrogen) atoms. The van der Waals surface area contributed by atoms with Crippen LogP contribution in [-0.4, -0.2) is 418 Å². The molecule has 0 spiro atoms. The molecular weight excluding hydrogens is 1420 g/mol. The molecule has 35 atom stereocenters. The van der Waals surface area contributed by atoms with Gasteiger partial charge in [-0.3, -0.25) is 0 Å². The van der Waals surface area contributed by atoms with Gasteiger partial charge in [-0.25, -0.2) is 9.53 Å². The summed E-state index contributed by atoms with van der Waals surface area (Å²) in [4.78, 5) is 13.8. The predicted octanol–water partition coefficient (Wildman–Crippen LogP) is -4.59. The number of carbonyl (C=O) groups excluding carboxylic acids is 1. The van der Waals surface area contributed by atoms with Crippen LogP contribution in [0.5, 0.6) is 0 Å². The highest BCUT2D eigenvalue weighted by Crippen LogP contribution is 2.41. The molecule has 0 aliphatic carbocycles. The normalized spacial score (nSPS) is 43.7. The van der Waals surface area contributed by atoms with E-state index < -0.39 is 240 Å². The average molecular weight is 1540 g/mol. The highest BCUT2D eigenvalue weighted by molar-refractivity contribution is 5.75. The number of methoxy groups -OCH3 is 13. The Morgan fingerprint density at radius 2 is 0.594 bits per heavy atom. The average Bonchev–Trinajstić information content (AvgIpc) is 0.692. The molecule has 14 bridgehead atoms. The Balaban J connectivity index is 1.09. The van der Waals surface area contributed by atoms with E-state index in [0.29, 0.717) is 10.3 Å². The van der Waals surface area contributed by atoms with Crippen LogP contribution in [0.15, 0.2) is 30.3 Å². The molecule has 8 N–H and O–H groups in total. The van der Waals surface area contributed by atoms with Crippen molar-refractivity contribution >= 4 is 12.3 Å². The monoisotopic (exact) mass is 1530 g/mol. The maximum absolute atomic E-state index is 13.8. The summed E-state index contributed by atoms with van der Waals surface area (Å²) >= 11 is 0. The van der Waals surface area contributed by atoms with Crippen LogP contribution < -0.4 is 5.32 Å². The van der Waals surface area contributed by atoms with Gasteiger partial charge in [0.2, 0.25) is 5.54 Å². The number of amides is 1. The number of aliphatic hydroxyl groups is 7. The van der Waals surface area contributed by atoms with E-state index in [1.54, 1.807) is 44.2 Å². The van der Waals surface area contributed by atoms with Gasteiger partial charge in [0.15, 0.2) is 56.9 Å². The van der Waals surface area contributed by atoms with E-state index in [9.17, 15) is 45.7 Å². The Hall–Kier alpha value is -3.40. The third-order valence-electron chi connectivity index (χ3n) is 19.9. The zero-order valence-electron chi connectivity index (χ0n) is 62.2. The molecule has 21 saturated heterocycles. The van der Waals surface area contributed by atoms with Gasteiger partial charge in [-0.05, 0) is 12.1 Å². The number of rotatable bonds is 25. The number of hydrogen-bond acceptors (Lipinski definition) is 37. The van der Waals surface area contributed by atoms with Crippen LogP contribution in [-0.2, 0) is 133 Å². The lowest BCUT2D eigenvalue weighted by molar-refractivity contribution is -0.539. The summed E-state index contributed by atoms with van der Waals surface area (Å²) in [6.45, 7) is 0.466. The minimum absolute atomic E-state index is 0.256. The molecule has 21 fully saturated rings. The topological polar surface area (TPSA) is 455 Å². The molecule has 35 unspecified atom stereocenters. The first-order chi connectivity index (χ1) is 51.0. The number of carbonyl (C=O) groups is 1. The fourth-order valence-corrected chi connectivity index (χ4v) is 14.4. The van der Waals surface area contributed by atoms with Gasteiger partial charge in [0.1, 0.15) is 171 Å². The van der Waals surface area contributed by atoms with Crippen molar-refractivity contribution in [1.82, 2.24) is 5.32 Å². The lowest BCUT2D eigenvalue weighted by atomic mass is 9.94. The van der Waals surface area contributed by atoms with E-state index in [1.165, 1.54) is 98.6 Å². The van der Waals surface area contributed by atoms with E-state index in [-0.39, 0.29) is 39.6 Å². The minimum Gasteiger partial charge on any atom is -0.623 e. The first-order valence-electron chi connectivity index (χ1n) is 34.8. The van der Waals surface area contributed by atoms with Crippen LogP contribution in [0.25, 0.3) is 0 Å². The lowest BCUT2D eigenvalue weighted by Crippen LogP contribution is -2.69. The maximum Gasteiger partial charge on any atom is 0.407 e. The van der Waals surface area contributed by atoms with Crippen molar-refractivity contribution in [2.45, 2.75) is 234 Å². The molecule has 0 saturated carbocycles. The summed E-state index contributed by atoms with van der Waals surface area (Å²) in [6, 6.07) is 8.78. The van der Waals surface area contributed by atoms with E-state index in [2.05, 4.69) is 5.32 Å². The zero-order valence-corrected chi connectivity index (χ0v) is 62.2. The van der Waals surface area contributed by atoms with Crippen molar-refractivity contribution in [2.75, 3.05) is 145 Å². The van der Waals surface area contributed by atoms with E-state index in [0.717, 1.165) is 0 Å². The molecule has 39 heteroatoms. The molecule has 21 aliphatic rings. The molecule has 21 aliphatic heterocycles. The predicted molar refractivity (Wildman–Crippen MR) is 352 cm³/mol. The van der Waals surface area contributed by atoms with Crippen LogP contribution >= 0.6 is 0 Å². The highest BCUT2D eigenvalue weighted by Gasteiger charge is 2.61. The molecule has 1 aromatic rings. The van der Waals surface area contributed by atoms with Gasteiger partial charge in [-0.1, -0.05) is 18.2 Å². The van der Waals surface area contributed by atoms with Gasteiger partial charge in [-0.2, -0.15) is 0 Å². The van der Waals surface area contributed by atoms with Gasteiger partial charge in [0, 0.05) is 118 Å². The summed E-state index contributed by atoms with van der Waals surface area (Å²) in [6.07, 6.45) is -52.4. The van der Waals surface area contributed by atoms with Crippen LogP contribution in [0.4, 0.5) is 4.79 Å². The first kappa shape index (κ1) is 86.6. The van der Waals surface area contributed by atoms with E-state index >= 15 is 0 Å². The van der Waals surface area contributed by atoms with E-state index in [4.69, 9.17) is 133 Å². The van der Waals surface area contributed by atoms with Crippen molar-refractivity contribution in [3.05, 3.63) is 41.1 Å². The van der Waals surface area contributed by atoms with Crippen molar-refractivity contribution < 1.29 is 178 Å². The number of aliphatic hydroxyl groups excluding tert-OH is 7. The smallest absolute Gasteiger partial charge is 0.407 e. The Morgan fingerprint density at radius 1 is 0.377 bits per heavy atom.